The number of nitrogens with two attached hydrogens (primary N) is 1. The average molecular weight is 232 g/mol. The third-order valence-electron chi connectivity index (χ3n) is 2.43. The molecule has 0 aliphatic heterocycles. The molecule has 0 aromatic carbocycles. The molecule has 0 radical (unpaired) electrons. The number of carbonyl (C=O) groups is 1. The van der Waals surface area contributed by atoms with E-state index in [1.54, 1.807) is 0 Å². The van der Waals surface area contributed by atoms with Gasteiger partial charge in [0.2, 0.25) is 5.91 Å². The first-order valence-electron chi connectivity index (χ1n) is 5.58. The lowest BCUT2D eigenvalue weighted by Gasteiger charge is -2.14. The molecule has 90 valence electrons. The highest BCUT2D eigenvalue weighted by atomic mass is 32.2. The van der Waals surface area contributed by atoms with Crippen LogP contribution in [0.5, 0.6) is 0 Å². The molecular weight excluding hydrogens is 208 g/mol. The molecule has 2 atom stereocenters. The van der Waals surface area contributed by atoms with Crippen molar-refractivity contribution in [1.82, 2.24) is 5.32 Å². The van der Waals surface area contributed by atoms with E-state index in [0.717, 1.165) is 18.6 Å². The van der Waals surface area contributed by atoms with Crippen LogP contribution in [0, 0.1) is 5.92 Å². The standard InChI is InChI=1S/C11H24N2OS/c1-9(8-12)4-5-11(14)13-10(2)6-7-15-3/h9-10H,4-8,12H2,1-3H3,(H,13,14). The monoisotopic (exact) mass is 232 g/mol. The summed E-state index contributed by atoms with van der Waals surface area (Å²) in [5, 5.41) is 3.00. The van der Waals surface area contributed by atoms with Gasteiger partial charge >= 0.3 is 0 Å². The van der Waals surface area contributed by atoms with Crippen LogP contribution in [0.1, 0.15) is 33.1 Å². The normalized spacial score (nSPS) is 14.7. The molecule has 1 amide bonds. The summed E-state index contributed by atoms with van der Waals surface area (Å²) in [6, 6.07) is 0.290. The largest absolute Gasteiger partial charge is 0.354 e. The predicted molar refractivity (Wildman–Crippen MR) is 68.1 cm³/mol. The molecule has 3 N–H and O–H groups in total. The van der Waals surface area contributed by atoms with E-state index in [0.29, 0.717) is 18.9 Å². The third-order valence-corrected chi connectivity index (χ3v) is 3.07. The number of hydrogen-bond donors (Lipinski definition) is 2. The zero-order chi connectivity index (χ0) is 11.7. The summed E-state index contributed by atoms with van der Waals surface area (Å²) in [7, 11) is 0. The van der Waals surface area contributed by atoms with Crippen molar-refractivity contribution in [3.8, 4) is 0 Å². The van der Waals surface area contributed by atoms with Crippen molar-refractivity contribution in [1.29, 1.82) is 0 Å². The highest BCUT2D eigenvalue weighted by molar-refractivity contribution is 7.98. The van der Waals surface area contributed by atoms with Gasteiger partial charge in [-0.2, -0.15) is 11.8 Å². The summed E-state index contributed by atoms with van der Waals surface area (Å²) in [5.41, 5.74) is 5.49. The van der Waals surface area contributed by atoms with Crippen molar-refractivity contribution in [2.45, 2.75) is 39.2 Å². The van der Waals surface area contributed by atoms with Crippen molar-refractivity contribution < 1.29 is 4.79 Å². The van der Waals surface area contributed by atoms with Gasteiger partial charge in [0.25, 0.3) is 0 Å². The summed E-state index contributed by atoms with van der Waals surface area (Å²) in [6.07, 6.45) is 4.61. The Morgan fingerprint density at radius 2 is 2.07 bits per heavy atom. The molecule has 0 fully saturated rings. The molecule has 0 aromatic heterocycles. The first-order valence-corrected chi connectivity index (χ1v) is 6.97. The van der Waals surface area contributed by atoms with Crippen molar-refractivity contribution in [2.75, 3.05) is 18.6 Å². The van der Waals surface area contributed by atoms with Crippen LogP contribution in [0.4, 0.5) is 0 Å². The van der Waals surface area contributed by atoms with E-state index in [1.807, 2.05) is 11.8 Å². The lowest BCUT2D eigenvalue weighted by molar-refractivity contribution is -0.121. The van der Waals surface area contributed by atoms with Crippen LogP contribution in [0.15, 0.2) is 0 Å². The highest BCUT2D eigenvalue weighted by Crippen LogP contribution is 2.04. The Bertz CT molecular complexity index is 176. The number of carbonyl (C=O) groups excluding carboxylic acids is 1. The van der Waals surface area contributed by atoms with Gasteiger partial charge in [-0.1, -0.05) is 6.92 Å². The number of hydrogen-bond acceptors (Lipinski definition) is 3. The maximum absolute atomic E-state index is 11.5. The van der Waals surface area contributed by atoms with Crippen LogP contribution in [0.2, 0.25) is 0 Å². The molecule has 15 heavy (non-hydrogen) atoms. The second-order valence-corrected chi connectivity index (χ2v) is 5.12. The number of rotatable bonds is 8. The van der Waals surface area contributed by atoms with Crippen molar-refractivity contribution in [3.63, 3.8) is 0 Å². The molecule has 0 saturated carbocycles. The summed E-state index contributed by atoms with van der Waals surface area (Å²) in [6.45, 7) is 4.79. The molecule has 3 nitrogen and oxygen atoms in total. The van der Waals surface area contributed by atoms with Gasteiger partial charge in [0.05, 0.1) is 0 Å². The SMILES string of the molecule is CSCCC(C)NC(=O)CCC(C)CN. The van der Waals surface area contributed by atoms with Crippen molar-refractivity contribution >= 4 is 17.7 Å². The van der Waals surface area contributed by atoms with Gasteiger partial charge < -0.3 is 11.1 Å². The van der Waals surface area contributed by atoms with Gasteiger partial charge in [-0.3, -0.25) is 4.79 Å². The number of nitrogens with one attached hydrogen (secondary N) is 1. The molecule has 0 bridgehead atoms. The second kappa shape index (κ2) is 9.04. The molecule has 0 saturated heterocycles. The minimum absolute atomic E-state index is 0.156. The fraction of sp³-hybridized carbons (Fsp3) is 0.909. The highest BCUT2D eigenvalue weighted by Gasteiger charge is 2.08. The molecule has 0 aromatic rings. The molecule has 0 rings (SSSR count). The molecule has 0 aliphatic carbocycles. The Balaban J connectivity index is 3.55. The van der Waals surface area contributed by atoms with Crippen molar-refractivity contribution in [3.05, 3.63) is 0 Å². The topological polar surface area (TPSA) is 55.1 Å². The van der Waals surface area contributed by atoms with E-state index < -0.39 is 0 Å². The summed E-state index contributed by atoms with van der Waals surface area (Å²) in [4.78, 5) is 11.5. The summed E-state index contributed by atoms with van der Waals surface area (Å²) in [5.74, 6) is 1.70. The van der Waals surface area contributed by atoms with Crippen LogP contribution in [-0.4, -0.2) is 30.5 Å². The van der Waals surface area contributed by atoms with E-state index in [-0.39, 0.29) is 11.9 Å². The van der Waals surface area contributed by atoms with E-state index in [1.165, 1.54) is 0 Å². The summed E-state index contributed by atoms with van der Waals surface area (Å²) < 4.78 is 0. The fourth-order valence-electron chi connectivity index (χ4n) is 1.21. The van der Waals surface area contributed by atoms with E-state index >= 15 is 0 Å². The first-order chi connectivity index (χ1) is 7.10. The average Bonchev–Trinajstić information content (AvgIpc) is 2.22. The summed E-state index contributed by atoms with van der Waals surface area (Å²) >= 11 is 1.81. The molecule has 0 heterocycles. The van der Waals surface area contributed by atoms with Crippen LogP contribution >= 0.6 is 11.8 Å². The maximum Gasteiger partial charge on any atom is 0.220 e. The predicted octanol–water partition coefficient (Wildman–Crippen LogP) is 1.62. The van der Waals surface area contributed by atoms with Crippen LogP contribution in [-0.2, 0) is 4.79 Å². The van der Waals surface area contributed by atoms with Gasteiger partial charge in [-0.15, -0.1) is 0 Å². The van der Waals surface area contributed by atoms with Gasteiger partial charge in [-0.05, 0) is 44.2 Å². The molecule has 2 unspecified atom stereocenters. The Morgan fingerprint density at radius 3 is 2.60 bits per heavy atom. The van der Waals surface area contributed by atoms with Crippen LogP contribution < -0.4 is 11.1 Å². The van der Waals surface area contributed by atoms with Crippen molar-refractivity contribution in [2.24, 2.45) is 11.7 Å². The minimum Gasteiger partial charge on any atom is -0.354 e. The number of amides is 1. The Morgan fingerprint density at radius 1 is 1.40 bits per heavy atom. The van der Waals surface area contributed by atoms with E-state index in [2.05, 4.69) is 25.4 Å². The molecule has 4 heteroatoms. The first kappa shape index (κ1) is 14.8. The lowest BCUT2D eigenvalue weighted by Crippen LogP contribution is -2.33. The number of thioether (sulfide) groups is 1. The Kier molecular flexibility index (Phi) is 8.91. The smallest absolute Gasteiger partial charge is 0.220 e. The minimum atomic E-state index is 0.156. The van der Waals surface area contributed by atoms with Gasteiger partial charge in [0.1, 0.15) is 0 Å². The lowest BCUT2D eigenvalue weighted by atomic mass is 10.1. The van der Waals surface area contributed by atoms with E-state index in [4.69, 9.17) is 5.73 Å². The van der Waals surface area contributed by atoms with Gasteiger partial charge in [0, 0.05) is 12.5 Å². The van der Waals surface area contributed by atoms with Crippen LogP contribution in [0.3, 0.4) is 0 Å². The zero-order valence-corrected chi connectivity index (χ0v) is 10.9. The van der Waals surface area contributed by atoms with Gasteiger partial charge in [0.15, 0.2) is 0 Å². The maximum atomic E-state index is 11.5. The Labute approximate surface area is 97.6 Å². The molecular formula is C11H24N2OS. The van der Waals surface area contributed by atoms with E-state index in [9.17, 15) is 4.79 Å². The molecule has 0 spiro atoms. The quantitative estimate of drug-likeness (QED) is 0.668. The molecule has 0 aliphatic rings. The Hall–Kier alpha value is -0.220. The zero-order valence-electron chi connectivity index (χ0n) is 10.1. The fourth-order valence-corrected chi connectivity index (χ4v) is 1.80. The third kappa shape index (κ3) is 8.75. The second-order valence-electron chi connectivity index (χ2n) is 4.13. The van der Waals surface area contributed by atoms with Gasteiger partial charge in [-0.25, -0.2) is 0 Å². The van der Waals surface area contributed by atoms with Crippen LogP contribution in [0.25, 0.3) is 0 Å².